The van der Waals surface area contributed by atoms with Crippen LogP contribution in [0, 0.1) is 0 Å². The summed E-state index contributed by atoms with van der Waals surface area (Å²) in [7, 11) is 0. The molecule has 2 heterocycles. The number of aromatic amines is 1. The largest absolute Gasteiger partial charge is 0.490 e. The minimum absolute atomic E-state index is 0.119. The summed E-state index contributed by atoms with van der Waals surface area (Å²) in [6, 6.07) is 6.42. The minimum atomic E-state index is 0.119. The molecule has 2 aromatic rings. The van der Waals surface area contributed by atoms with E-state index in [4.69, 9.17) is 9.47 Å². The van der Waals surface area contributed by atoms with Gasteiger partial charge < -0.3 is 14.5 Å². The molecule has 1 aromatic carbocycles. The van der Waals surface area contributed by atoms with Crippen LogP contribution in [0.2, 0.25) is 0 Å². The van der Waals surface area contributed by atoms with Crippen molar-refractivity contribution in [1.82, 2.24) is 4.98 Å². The molecule has 1 N–H and O–H groups in total. The van der Waals surface area contributed by atoms with Crippen LogP contribution in [-0.2, 0) is 10.2 Å². The van der Waals surface area contributed by atoms with E-state index >= 15 is 0 Å². The van der Waals surface area contributed by atoms with Crippen molar-refractivity contribution < 1.29 is 9.47 Å². The first kappa shape index (κ1) is 11.6. The van der Waals surface area contributed by atoms with Crippen molar-refractivity contribution in [3.8, 4) is 5.75 Å². The van der Waals surface area contributed by atoms with E-state index in [1.54, 1.807) is 0 Å². The summed E-state index contributed by atoms with van der Waals surface area (Å²) >= 11 is 0. The Bertz CT molecular complexity index is 561. The fourth-order valence-electron chi connectivity index (χ4n) is 2.03. The smallest absolute Gasteiger partial charge is 0.129 e. The molecule has 1 aromatic heterocycles. The lowest BCUT2D eigenvalue weighted by Gasteiger charge is -2.20. The number of rotatable bonds is 3. The summed E-state index contributed by atoms with van der Waals surface area (Å²) in [6.45, 7) is 8.11. The molecule has 1 aliphatic rings. The minimum Gasteiger partial charge on any atom is -0.490 e. The Morgan fingerprint density at radius 3 is 2.83 bits per heavy atom. The summed E-state index contributed by atoms with van der Waals surface area (Å²) in [4.78, 5) is 3.26. The molecule has 0 radical (unpaired) electrons. The van der Waals surface area contributed by atoms with Crippen LogP contribution in [0.5, 0.6) is 5.75 Å². The molecule has 1 aliphatic heterocycles. The summed E-state index contributed by atoms with van der Waals surface area (Å²) in [5, 5.41) is 1.14. The average Bonchev–Trinajstić information content (AvgIpc) is 3.00. The number of nitrogens with one attached hydrogen (secondary N) is 1. The Hall–Kier alpha value is -1.48. The van der Waals surface area contributed by atoms with Crippen LogP contribution in [0.1, 0.15) is 26.3 Å². The molecule has 0 saturated carbocycles. The predicted octanol–water partition coefficient (Wildman–Crippen LogP) is 3.24. The van der Waals surface area contributed by atoms with Crippen molar-refractivity contribution in [1.29, 1.82) is 0 Å². The van der Waals surface area contributed by atoms with Crippen molar-refractivity contribution in [2.45, 2.75) is 32.3 Å². The van der Waals surface area contributed by atoms with E-state index in [1.807, 2.05) is 6.20 Å². The molecule has 0 spiro atoms. The molecule has 96 valence electrons. The summed E-state index contributed by atoms with van der Waals surface area (Å²) in [6.07, 6.45) is 2.25. The van der Waals surface area contributed by atoms with Gasteiger partial charge >= 0.3 is 0 Å². The number of aromatic nitrogens is 1. The molecule has 3 nitrogen and oxygen atoms in total. The fraction of sp³-hybridized carbons (Fsp3) is 0.467. The highest BCUT2D eigenvalue weighted by molar-refractivity contribution is 5.86. The molecule has 0 bridgehead atoms. The SMILES string of the molecule is CC(C)(C)c1cc(OCC2CO2)c2cc[nH]c2c1. The quantitative estimate of drug-likeness (QED) is 0.843. The van der Waals surface area contributed by atoms with Crippen LogP contribution in [-0.4, -0.2) is 24.3 Å². The Morgan fingerprint density at radius 1 is 1.39 bits per heavy atom. The highest BCUT2D eigenvalue weighted by Gasteiger charge is 2.24. The summed E-state index contributed by atoms with van der Waals surface area (Å²) in [5.41, 5.74) is 2.53. The number of H-pyrrole nitrogens is 1. The third kappa shape index (κ3) is 2.23. The van der Waals surface area contributed by atoms with Crippen molar-refractivity contribution in [2.24, 2.45) is 0 Å². The molecule has 1 atom stereocenters. The Labute approximate surface area is 107 Å². The van der Waals surface area contributed by atoms with E-state index in [0.29, 0.717) is 6.61 Å². The van der Waals surface area contributed by atoms with E-state index in [-0.39, 0.29) is 11.5 Å². The normalized spacial score (nSPS) is 19.2. The molecule has 1 fully saturated rings. The Balaban J connectivity index is 2.00. The van der Waals surface area contributed by atoms with E-state index < -0.39 is 0 Å². The number of fused-ring (bicyclic) bond motifs is 1. The fourth-order valence-corrected chi connectivity index (χ4v) is 2.03. The second-order valence-corrected chi connectivity index (χ2v) is 5.93. The lowest BCUT2D eigenvalue weighted by molar-refractivity contribution is 0.265. The second kappa shape index (κ2) is 4.02. The first-order valence-electron chi connectivity index (χ1n) is 6.40. The zero-order valence-electron chi connectivity index (χ0n) is 11.1. The van der Waals surface area contributed by atoms with Crippen LogP contribution in [0.15, 0.2) is 24.4 Å². The van der Waals surface area contributed by atoms with Gasteiger partial charge in [-0.2, -0.15) is 0 Å². The highest BCUT2D eigenvalue weighted by Crippen LogP contribution is 2.33. The second-order valence-electron chi connectivity index (χ2n) is 5.93. The van der Waals surface area contributed by atoms with Crippen LogP contribution in [0.4, 0.5) is 0 Å². The molecule has 3 heteroatoms. The predicted molar refractivity (Wildman–Crippen MR) is 72.2 cm³/mol. The molecular weight excluding hydrogens is 226 g/mol. The molecule has 0 amide bonds. The topological polar surface area (TPSA) is 37.5 Å². The van der Waals surface area contributed by atoms with Crippen molar-refractivity contribution in [3.05, 3.63) is 30.0 Å². The first-order chi connectivity index (χ1) is 8.54. The van der Waals surface area contributed by atoms with Crippen LogP contribution >= 0.6 is 0 Å². The zero-order chi connectivity index (χ0) is 12.8. The van der Waals surface area contributed by atoms with Crippen molar-refractivity contribution >= 4 is 10.9 Å². The van der Waals surface area contributed by atoms with Gasteiger partial charge in [0.2, 0.25) is 0 Å². The maximum absolute atomic E-state index is 5.89. The van der Waals surface area contributed by atoms with Crippen LogP contribution in [0.25, 0.3) is 10.9 Å². The monoisotopic (exact) mass is 245 g/mol. The summed E-state index contributed by atoms with van der Waals surface area (Å²) < 4.78 is 11.1. The third-order valence-corrected chi connectivity index (χ3v) is 3.32. The number of epoxide rings is 1. The number of hydrogen-bond acceptors (Lipinski definition) is 2. The Kier molecular flexibility index (Phi) is 2.59. The van der Waals surface area contributed by atoms with Gasteiger partial charge in [0.05, 0.1) is 6.61 Å². The average molecular weight is 245 g/mol. The van der Waals surface area contributed by atoms with Crippen molar-refractivity contribution in [2.75, 3.05) is 13.2 Å². The molecule has 1 unspecified atom stereocenters. The lowest BCUT2D eigenvalue weighted by atomic mass is 9.86. The molecule has 0 aliphatic carbocycles. The zero-order valence-corrected chi connectivity index (χ0v) is 11.1. The van der Waals surface area contributed by atoms with Gasteiger partial charge in [0, 0.05) is 17.1 Å². The molecule has 1 saturated heterocycles. The van der Waals surface area contributed by atoms with E-state index in [9.17, 15) is 0 Å². The third-order valence-electron chi connectivity index (χ3n) is 3.32. The number of hydrogen-bond donors (Lipinski definition) is 1. The van der Waals surface area contributed by atoms with E-state index in [1.165, 1.54) is 5.56 Å². The molecular formula is C15H19NO2. The van der Waals surface area contributed by atoms with Gasteiger partial charge in [-0.05, 0) is 29.2 Å². The number of ether oxygens (including phenoxy) is 2. The summed E-state index contributed by atoms with van der Waals surface area (Å²) in [5.74, 6) is 0.953. The van der Waals surface area contributed by atoms with Crippen LogP contribution < -0.4 is 4.74 Å². The van der Waals surface area contributed by atoms with Gasteiger partial charge in [-0.1, -0.05) is 20.8 Å². The standard InChI is InChI=1S/C15H19NO2/c1-15(2,3)10-6-13-12(4-5-16-13)14(7-10)18-9-11-8-17-11/h4-7,11,16H,8-9H2,1-3H3. The van der Waals surface area contributed by atoms with E-state index in [2.05, 4.69) is 44.0 Å². The van der Waals surface area contributed by atoms with Gasteiger partial charge in [0.15, 0.2) is 0 Å². The van der Waals surface area contributed by atoms with Gasteiger partial charge in [-0.25, -0.2) is 0 Å². The first-order valence-corrected chi connectivity index (χ1v) is 6.40. The van der Waals surface area contributed by atoms with Gasteiger partial charge in [-0.3, -0.25) is 0 Å². The van der Waals surface area contributed by atoms with Gasteiger partial charge in [0.25, 0.3) is 0 Å². The molecule has 18 heavy (non-hydrogen) atoms. The highest BCUT2D eigenvalue weighted by atomic mass is 16.6. The maximum atomic E-state index is 5.89. The number of benzene rings is 1. The van der Waals surface area contributed by atoms with Crippen molar-refractivity contribution in [3.63, 3.8) is 0 Å². The van der Waals surface area contributed by atoms with Crippen LogP contribution in [0.3, 0.4) is 0 Å². The maximum Gasteiger partial charge on any atom is 0.129 e. The van der Waals surface area contributed by atoms with E-state index in [0.717, 1.165) is 23.3 Å². The Morgan fingerprint density at radius 2 is 2.17 bits per heavy atom. The van der Waals surface area contributed by atoms with Gasteiger partial charge in [0.1, 0.15) is 18.5 Å². The molecule has 3 rings (SSSR count). The van der Waals surface area contributed by atoms with Gasteiger partial charge in [-0.15, -0.1) is 0 Å². The lowest BCUT2D eigenvalue weighted by Crippen LogP contribution is -2.12.